The molecule has 21 heavy (non-hydrogen) atoms. The minimum Gasteiger partial charge on any atom is -0.481 e. The highest BCUT2D eigenvalue weighted by atomic mass is 16.4. The second-order valence-corrected chi connectivity index (χ2v) is 4.90. The lowest BCUT2D eigenvalue weighted by molar-refractivity contribution is -0.137. The average molecular weight is 283 g/mol. The molecule has 2 N–H and O–H groups in total. The van der Waals surface area contributed by atoms with E-state index in [-0.39, 0.29) is 12.3 Å². The van der Waals surface area contributed by atoms with E-state index in [0.29, 0.717) is 5.56 Å². The lowest BCUT2D eigenvalue weighted by atomic mass is 10.0. The molecule has 0 bridgehead atoms. The van der Waals surface area contributed by atoms with Crippen molar-refractivity contribution in [2.24, 2.45) is 0 Å². The zero-order chi connectivity index (χ0) is 15.2. The van der Waals surface area contributed by atoms with Gasteiger partial charge in [0, 0.05) is 5.56 Å². The van der Waals surface area contributed by atoms with Gasteiger partial charge in [0.25, 0.3) is 5.91 Å². The summed E-state index contributed by atoms with van der Waals surface area (Å²) in [6.07, 6.45) is -0.151. The summed E-state index contributed by atoms with van der Waals surface area (Å²) in [6.45, 7) is 1.94. The Morgan fingerprint density at radius 3 is 2.24 bits per heavy atom. The van der Waals surface area contributed by atoms with Crippen LogP contribution in [0, 0.1) is 6.92 Å². The Bertz CT molecular complexity index is 620. The molecule has 4 heteroatoms. The lowest BCUT2D eigenvalue weighted by Gasteiger charge is -2.17. The van der Waals surface area contributed by atoms with Crippen LogP contribution in [-0.2, 0) is 4.79 Å². The first-order valence-electron chi connectivity index (χ1n) is 6.70. The Labute approximate surface area is 123 Å². The minimum atomic E-state index is -0.951. The number of hydrogen-bond acceptors (Lipinski definition) is 2. The van der Waals surface area contributed by atoms with Crippen LogP contribution < -0.4 is 5.32 Å². The predicted octanol–water partition coefficient (Wildman–Crippen LogP) is 2.94. The van der Waals surface area contributed by atoms with Crippen LogP contribution in [-0.4, -0.2) is 17.0 Å². The average Bonchev–Trinajstić information content (AvgIpc) is 2.47. The Hall–Kier alpha value is -2.62. The van der Waals surface area contributed by atoms with E-state index >= 15 is 0 Å². The lowest BCUT2D eigenvalue weighted by Crippen LogP contribution is -2.30. The minimum absolute atomic E-state index is 0.151. The van der Waals surface area contributed by atoms with E-state index in [2.05, 4.69) is 5.32 Å². The Kier molecular flexibility index (Phi) is 4.72. The number of aryl methyl sites for hydroxylation is 1. The molecule has 0 aliphatic rings. The number of carbonyl (C=O) groups excluding carboxylic acids is 1. The molecule has 1 amide bonds. The van der Waals surface area contributed by atoms with Gasteiger partial charge in [0.1, 0.15) is 0 Å². The van der Waals surface area contributed by atoms with Crippen LogP contribution in [0.5, 0.6) is 0 Å². The molecule has 2 aromatic rings. The molecule has 0 spiro atoms. The van der Waals surface area contributed by atoms with Crippen molar-refractivity contribution < 1.29 is 14.7 Å². The summed E-state index contributed by atoms with van der Waals surface area (Å²) in [5.41, 5.74) is 2.36. The van der Waals surface area contributed by atoms with E-state index in [0.717, 1.165) is 11.1 Å². The van der Waals surface area contributed by atoms with Gasteiger partial charge in [-0.15, -0.1) is 0 Å². The van der Waals surface area contributed by atoms with Gasteiger partial charge in [-0.1, -0.05) is 48.0 Å². The van der Waals surface area contributed by atoms with E-state index < -0.39 is 12.0 Å². The number of hydrogen-bond donors (Lipinski definition) is 2. The van der Waals surface area contributed by atoms with Crippen LogP contribution in [0.4, 0.5) is 0 Å². The Morgan fingerprint density at radius 2 is 1.67 bits per heavy atom. The molecule has 1 atom stereocenters. The van der Waals surface area contributed by atoms with E-state index in [9.17, 15) is 9.59 Å². The number of carboxylic acid groups (broad SMARTS) is 1. The number of nitrogens with one attached hydrogen (secondary N) is 1. The van der Waals surface area contributed by atoms with Gasteiger partial charge in [-0.25, -0.2) is 0 Å². The predicted molar refractivity (Wildman–Crippen MR) is 80.1 cm³/mol. The molecule has 0 aliphatic carbocycles. The van der Waals surface area contributed by atoms with Gasteiger partial charge in [-0.3, -0.25) is 9.59 Å². The van der Waals surface area contributed by atoms with Crippen molar-refractivity contribution in [3.05, 3.63) is 71.3 Å². The molecule has 0 fully saturated rings. The summed E-state index contributed by atoms with van der Waals surface area (Å²) >= 11 is 0. The molecule has 0 aromatic heterocycles. The van der Waals surface area contributed by atoms with Crippen molar-refractivity contribution in [2.45, 2.75) is 19.4 Å². The smallest absolute Gasteiger partial charge is 0.305 e. The van der Waals surface area contributed by atoms with Crippen LogP contribution in [0.3, 0.4) is 0 Å². The largest absolute Gasteiger partial charge is 0.481 e. The monoisotopic (exact) mass is 283 g/mol. The van der Waals surface area contributed by atoms with Crippen molar-refractivity contribution in [3.63, 3.8) is 0 Å². The summed E-state index contributed by atoms with van der Waals surface area (Å²) in [6, 6.07) is 15.7. The second kappa shape index (κ2) is 6.70. The summed E-state index contributed by atoms with van der Waals surface area (Å²) in [5, 5.41) is 11.8. The maximum atomic E-state index is 12.2. The molecule has 0 aliphatic heterocycles. The third-order valence-corrected chi connectivity index (χ3v) is 3.20. The van der Waals surface area contributed by atoms with E-state index in [1.54, 1.807) is 12.1 Å². The third-order valence-electron chi connectivity index (χ3n) is 3.20. The topological polar surface area (TPSA) is 66.4 Å². The molecule has 2 rings (SSSR count). The van der Waals surface area contributed by atoms with Crippen molar-refractivity contribution >= 4 is 11.9 Å². The normalized spacial score (nSPS) is 11.7. The number of benzene rings is 2. The fourth-order valence-corrected chi connectivity index (χ4v) is 2.06. The molecule has 0 heterocycles. The van der Waals surface area contributed by atoms with Gasteiger partial charge < -0.3 is 10.4 Å². The molecule has 2 aromatic carbocycles. The molecule has 0 saturated heterocycles. The van der Waals surface area contributed by atoms with E-state index in [1.807, 2.05) is 49.4 Å². The van der Waals surface area contributed by atoms with E-state index in [1.165, 1.54) is 0 Å². The fourth-order valence-electron chi connectivity index (χ4n) is 2.06. The third kappa shape index (κ3) is 4.18. The fraction of sp³-hybridized carbons (Fsp3) is 0.176. The van der Waals surface area contributed by atoms with Crippen molar-refractivity contribution in [2.75, 3.05) is 0 Å². The van der Waals surface area contributed by atoms with Crippen molar-refractivity contribution in [3.8, 4) is 0 Å². The van der Waals surface area contributed by atoms with Gasteiger partial charge in [-0.05, 0) is 24.6 Å². The van der Waals surface area contributed by atoms with Crippen LogP contribution in [0.1, 0.15) is 33.9 Å². The number of amides is 1. The SMILES string of the molecule is Cc1ccc(C(=O)N[C@H](CC(=O)O)c2ccccc2)cc1. The molecule has 4 nitrogen and oxygen atoms in total. The molecule has 0 unspecified atom stereocenters. The van der Waals surface area contributed by atoms with Gasteiger partial charge >= 0.3 is 5.97 Å². The highest BCUT2D eigenvalue weighted by Gasteiger charge is 2.18. The summed E-state index contributed by atoms with van der Waals surface area (Å²) in [4.78, 5) is 23.2. The first-order chi connectivity index (χ1) is 10.1. The van der Waals surface area contributed by atoms with Gasteiger partial charge in [0.05, 0.1) is 12.5 Å². The quantitative estimate of drug-likeness (QED) is 0.886. The number of carboxylic acids is 1. The zero-order valence-electron chi connectivity index (χ0n) is 11.7. The van der Waals surface area contributed by atoms with E-state index in [4.69, 9.17) is 5.11 Å². The zero-order valence-corrected chi connectivity index (χ0v) is 11.7. The summed E-state index contributed by atoms with van der Waals surface area (Å²) < 4.78 is 0. The summed E-state index contributed by atoms with van der Waals surface area (Å²) in [7, 11) is 0. The number of carbonyl (C=O) groups is 2. The van der Waals surface area contributed by atoms with Crippen LogP contribution >= 0.6 is 0 Å². The molecular weight excluding hydrogens is 266 g/mol. The first kappa shape index (κ1) is 14.8. The van der Waals surface area contributed by atoms with Crippen LogP contribution in [0.25, 0.3) is 0 Å². The number of aliphatic carboxylic acids is 1. The van der Waals surface area contributed by atoms with Crippen LogP contribution in [0.2, 0.25) is 0 Å². The Morgan fingerprint density at radius 1 is 1.05 bits per heavy atom. The maximum absolute atomic E-state index is 12.2. The second-order valence-electron chi connectivity index (χ2n) is 4.90. The van der Waals surface area contributed by atoms with Crippen molar-refractivity contribution in [1.82, 2.24) is 5.32 Å². The van der Waals surface area contributed by atoms with Gasteiger partial charge in [-0.2, -0.15) is 0 Å². The Balaban J connectivity index is 2.17. The molecule has 108 valence electrons. The standard InChI is InChI=1S/C17H17NO3/c1-12-7-9-14(10-8-12)17(21)18-15(11-16(19)20)13-5-3-2-4-6-13/h2-10,15H,11H2,1H3,(H,18,21)(H,19,20)/t15-/m1/s1. The highest BCUT2D eigenvalue weighted by molar-refractivity contribution is 5.94. The van der Waals surface area contributed by atoms with Gasteiger partial charge in [0.2, 0.25) is 0 Å². The van der Waals surface area contributed by atoms with Gasteiger partial charge in [0.15, 0.2) is 0 Å². The molecular formula is C17H17NO3. The van der Waals surface area contributed by atoms with Crippen molar-refractivity contribution in [1.29, 1.82) is 0 Å². The molecule has 0 radical (unpaired) electrons. The first-order valence-corrected chi connectivity index (χ1v) is 6.70. The molecule has 0 saturated carbocycles. The maximum Gasteiger partial charge on any atom is 0.305 e. The van der Waals surface area contributed by atoms with Crippen LogP contribution in [0.15, 0.2) is 54.6 Å². The highest BCUT2D eigenvalue weighted by Crippen LogP contribution is 2.17. The number of rotatable bonds is 5. The summed E-state index contributed by atoms with van der Waals surface area (Å²) in [5.74, 6) is -1.22.